The van der Waals surface area contributed by atoms with Crippen LogP contribution in [0.4, 0.5) is 0 Å². The molecule has 3 aliphatic rings. The van der Waals surface area contributed by atoms with Crippen molar-refractivity contribution in [3.05, 3.63) is 23.3 Å². The molecule has 0 spiro atoms. The molecule has 0 saturated heterocycles. The summed E-state index contributed by atoms with van der Waals surface area (Å²) in [5, 5.41) is 30.6. The fraction of sp³-hybridized carbons (Fsp3) is 0.600. The Hall–Kier alpha value is -1.66. The summed E-state index contributed by atoms with van der Waals surface area (Å²) in [7, 11) is 0. The third-order valence-corrected chi connectivity index (χ3v) is 7.21. The van der Waals surface area contributed by atoms with E-state index in [-0.39, 0.29) is 16.9 Å². The van der Waals surface area contributed by atoms with Gasteiger partial charge in [-0.05, 0) is 79.5 Å². The highest BCUT2D eigenvalue weighted by molar-refractivity contribution is 5.48. The molecule has 0 bridgehead atoms. The van der Waals surface area contributed by atoms with Gasteiger partial charge in [0.15, 0.2) is 11.5 Å². The molecule has 0 aliphatic heterocycles. The lowest BCUT2D eigenvalue weighted by atomic mass is 9.53. The molecule has 0 heterocycles. The van der Waals surface area contributed by atoms with Crippen LogP contribution < -0.4 is 0 Å². The first-order valence-electron chi connectivity index (χ1n) is 8.64. The van der Waals surface area contributed by atoms with Crippen molar-refractivity contribution in [3.63, 3.8) is 0 Å². The molecule has 1 aromatic rings. The molecule has 5 atom stereocenters. The number of phenolic OH excluding ortho intramolecular Hbond substituents is 2. The van der Waals surface area contributed by atoms with E-state index in [0.717, 1.165) is 37.7 Å². The Balaban J connectivity index is 1.74. The maximum atomic E-state index is 10.9. The van der Waals surface area contributed by atoms with Gasteiger partial charge in [0.1, 0.15) is 5.60 Å². The van der Waals surface area contributed by atoms with E-state index in [1.54, 1.807) is 12.1 Å². The van der Waals surface area contributed by atoms with E-state index in [2.05, 4.69) is 12.8 Å². The summed E-state index contributed by atoms with van der Waals surface area (Å²) in [6.45, 7) is 2.17. The Morgan fingerprint density at radius 3 is 2.61 bits per heavy atom. The summed E-state index contributed by atoms with van der Waals surface area (Å²) in [5.74, 6) is 4.00. The molecular formula is C20H24O3. The molecule has 0 amide bonds. The van der Waals surface area contributed by atoms with Crippen LogP contribution >= 0.6 is 0 Å². The highest BCUT2D eigenvalue weighted by Gasteiger charge is 2.61. The normalized spacial score (nSPS) is 41.5. The van der Waals surface area contributed by atoms with Crippen LogP contribution in [0.3, 0.4) is 0 Å². The molecule has 4 rings (SSSR count). The number of aliphatic hydroxyl groups is 1. The van der Waals surface area contributed by atoms with Crippen molar-refractivity contribution in [2.75, 3.05) is 0 Å². The Kier molecular flexibility index (Phi) is 3.03. The van der Waals surface area contributed by atoms with E-state index in [4.69, 9.17) is 6.42 Å². The average Bonchev–Trinajstić information content (AvgIpc) is 2.81. The van der Waals surface area contributed by atoms with Gasteiger partial charge in [-0.1, -0.05) is 12.8 Å². The van der Waals surface area contributed by atoms with Crippen molar-refractivity contribution in [1.29, 1.82) is 0 Å². The smallest absolute Gasteiger partial charge is 0.157 e. The minimum atomic E-state index is -0.972. The molecule has 0 radical (unpaired) electrons. The van der Waals surface area contributed by atoms with Gasteiger partial charge in [-0.3, -0.25) is 0 Å². The van der Waals surface area contributed by atoms with Crippen LogP contribution in [0.1, 0.15) is 56.1 Å². The Bertz CT molecular complexity index is 704. The monoisotopic (exact) mass is 312 g/mol. The van der Waals surface area contributed by atoms with Crippen LogP contribution in [0.25, 0.3) is 0 Å². The summed E-state index contributed by atoms with van der Waals surface area (Å²) in [5.41, 5.74) is 1.18. The van der Waals surface area contributed by atoms with E-state index in [1.165, 1.54) is 5.56 Å². The van der Waals surface area contributed by atoms with Gasteiger partial charge in [0.2, 0.25) is 0 Å². The van der Waals surface area contributed by atoms with Gasteiger partial charge in [-0.2, -0.15) is 0 Å². The van der Waals surface area contributed by atoms with Gasteiger partial charge >= 0.3 is 0 Å². The molecule has 2 saturated carbocycles. The van der Waals surface area contributed by atoms with Gasteiger partial charge in [-0.15, -0.1) is 6.42 Å². The Labute approximate surface area is 137 Å². The highest BCUT2D eigenvalue weighted by atomic mass is 16.3. The highest BCUT2D eigenvalue weighted by Crippen LogP contribution is 2.64. The zero-order valence-electron chi connectivity index (χ0n) is 13.5. The largest absolute Gasteiger partial charge is 0.504 e. The second kappa shape index (κ2) is 4.68. The quantitative estimate of drug-likeness (QED) is 0.509. The topological polar surface area (TPSA) is 60.7 Å². The number of phenols is 2. The van der Waals surface area contributed by atoms with E-state index in [9.17, 15) is 15.3 Å². The molecule has 3 heteroatoms. The van der Waals surface area contributed by atoms with Crippen molar-refractivity contribution in [3.8, 4) is 23.8 Å². The van der Waals surface area contributed by atoms with Crippen LogP contribution in [0.5, 0.6) is 11.5 Å². The summed E-state index contributed by atoms with van der Waals surface area (Å²) >= 11 is 0. The maximum Gasteiger partial charge on any atom is 0.157 e. The van der Waals surface area contributed by atoms with Crippen molar-refractivity contribution in [2.24, 2.45) is 17.3 Å². The molecule has 1 aromatic carbocycles. The maximum absolute atomic E-state index is 10.9. The first-order chi connectivity index (χ1) is 10.9. The zero-order valence-corrected chi connectivity index (χ0v) is 13.5. The SMILES string of the molecule is C#C[C@]1(O)CC[C@H]2[C@@H]3CCc4cc(O)c(O)cc4[C@H]3CC[C@@]21C. The number of rotatable bonds is 0. The third-order valence-electron chi connectivity index (χ3n) is 7.21. The van der Waals surface area contributed by atoms with E-state index < -0.39 is 5.60 Å². The second-order valence-electron chi connectivity index (χ2n) is 7.95. The minimum absolute atomic E-state index is 0.0228. The van der Waals surface area contributed by atoms with Crippen LogP contribution in [0.15, 0.2) is 12.1 Å². The van der Waals surface area contributed by atoms with Crippen LogP contribution in [-0.4, -0.2) is 20.9 Å². The molecule has 0 unspecified atom stereocenters. The van der Waals surface area contributed by atoms with Crippen LogP contribution in [0, 0.1) is 29.6 Å². The number of hydrogen-bond donors (Lipinski definition) is 3. The number of fused-ring (bicyclic) bond motifs is 5. The van der Waals surface area contributed by atoms with E-state index in [0.29, 0.717) is 24.2 Å². The molecular weight excluding hydrogens is 288 g/mol. The lowest BCUT2D eigenvalue weighted by molar-refractivity contribution is -0.0647. The van der Waals surface area contributed by atoms with Crippen LogP contribution in [0.2, 0.25) is 0 Å². The number of hydrogen-bond acceptors (Lipinski definition) is 3. The zero-order chi connectivity index (χ0) is 16.4. The van der Waals surface area contributed by atoms with Crippen molar-refractivity contribution >= 4 is 0 Å². The van der Waals surface area contributed by atoms with Gasteiger partial charge in [-0.25, -0.2) is 0 Å². The first-order valence-corrected chi connectivity index (χ1v) is 8.64. The molecule has 3 N–H and O–H groups in total. The average molecular weight is 312 g/mol. The summed E-state index contributed by atoms with van der Waals surface area (Å²) in [6, 6.07) is 3.48. The molecule has 122 valence electrons. The van der Waals surface area contributed by atoms with Crippen LogP contribution in [-0.2, 0) is 6.42 Å². The number of aromatic hydroxyl groups is 2. The third kappa shape index (κ3) is 1.82. The fourth-order valence-electron chi connectivity index (χ4n) is 5.85. The molecule has 3 nitrogen and oxygen atoms in total. The van der Waals surface area contributed by atoms with E-state index in [1.807, 2.05) is 0 Å². The molecule has 0 aromatic heterocycles. The lowest BCUT2D eigenvalue weighted by Crippen LogP contribution is -2.50. The minimum Gasteiger partial charge on any atom is -0.504 e. The Morgan fingerprint density at radius 1 is 1.13 bits per heavy atom. The van der Waals surface area contributed by atoms with Crippen molar-refractivity contribution in [1.82, 2.24) is 0 Å². The van der Waals surface area contributed by atoms with Gasteiger partial charge in [0.25, 0.3) is 0 Å². The van der Waals surface area contributed by atoms with Gasteiger partial charge < -0.3 is 15.3 Å². The predicted molar refractivity (Wildman–Crippen MR) is 88.2 cm³/mol. The van der Waals surface area contributed by atoms with Gasteiger partial charge in [0.05, 0.1) is 0 Å². The Morgan fingerprint density at radius 2 is 1.87 bits per heavy atom. The van der Waals surface area contributed by atoms with E-state index >= 15 is 0 Å². The summed E-state index contributed by atoms with van der Waals surface area (Å²) in [6.07, 6.45) is 11.3. The second-order valence-corrected chi connectivity index (χ2v) is 7.95. The number of benzene rings is 1. The molecule has 23 heavy (non-hydrogen) atoms. The number of aryl methyl sites for hydroxylation is 1. The molecule has 2 fully saturated rings. The standard InChI is InChI=1S/C20H24O3/c1-3-20(23)9-7-16-14-5-4-12-10-17(21)18(22)11-15(12)13(14)6-8-19(16,20)2/h1,10-11,13-14,16,21-23H,4-9H2,2H3/t13-,14+,16-,19-,20-/m0/s1. The van der Waals surface area contributed by atoms with Crippen molar-refractivity contribution < 1.29 is 15.3 Å². The summed E-state index contributed by atoms with van der Waals surface area (Å²) < 4.78 is 0. The predicted octanol–water partition coefficient (Wildman–Crippen LogP) is 3.32. The molecule has 3 aliphatic carbocycles. The summed E-state index contributed by atoms with van der Waals surface area (Å²) in [4.78, 5) is 0. The first kappa shape index (κ1) is 14.9. The fourth-order valence-corrected chi connectivity index (χ4v) is 5.85. The lowest BCUT2D eigenvalue weighted by Gasteiger charge is -2.52. The number of terminal acetylenes is 1. The van der Waals surface area contributed by atoms with Gasteiger partial charge in [0, 0.05) is 5.41 Å². The van der Waals surface area contributed by atoms with Crippen molar-refractivity contribution in [2.45, 2.75) is 57.0 Å².